The van der Waals surface area contributed by atoms with E-state index in [1.165, 1.54) is 0 Å². The molecule has 0 spiro atoms. The smallest absolute Gasteiger partial charge is 0.242 e. The van der Waals surface area contributed by atoms with E-state index in [4.69, 9.17) is 11.6 Å². The molecule has 21 heavy (non-hydrogen) atoms. The minimum Gasteiger partial charge on any atom is -0.317 e. The largest absolute Gasteiger partial charge is 0.317 e. The molecule has 1 aromatic rings. The third-order valence-electron chi connectivity index (χ3n) is 4.37. The van der Waals surface area contributed by atoms with Crippen molar-refractivity contribution in [1.82, 2.24) is 15.2 Å². The Labute approximate surface area is 130 Å². The summed E-state index contributed by atoms with van der Waals surface area (Å²) in [6, 6.07) is 3.97. The van der Waals surface area contributed by atoms with Crippen molar-refractivity contribution in [3.05, 3.63) is 23.4 Å². The van der Waals surface area contributed by atoms with Crippen LogP contribution in [0.3, 0.4) is 0 Å². The summed E-state index contributed by atoms with van der Waals surface area (Å²) >= 11 is 6.06. The Morgan fingerprint density at radius 1 is 1.38 bits per heavy atom. The number of hydrogen-bond acceptors (Lipinski definition) is 4. The number of nitrogens with one attached hydrogen (secondary N) is 2. The van der Waals surface area contributed by atoms with Crippen LogP contribution in [0, 0.1) is 0 Å². The molecule has 0 aromatic carbocycles. The van der Waals surface area contributed by atoms with Crippen molar-refractivity contribution in [2.45, 2.75) is 37.8 Å². The summed E-state index contributed by atoms with van der Waals surface area (Å²) in [5.41, 5.74) is 0. The number of aromatic nitrogens is 1. The van der Waals surface area contributed by atoms with Crippen molar-refractivity contribution in [3.63, 3.8) is 0 Å². The number of piperidine rings is 1. The normalized spacial score (nSPS) is 24.1. The number of rotatable bonds is 3. The molecule has 0 radical (unpaired) electrons. The average Bonchev–Trinajstić information content (AvgIpc) is 3.00. The lowest BCUT2D eigenvalue weighted by atomic mass is 10.0. The van der Waals surface area contributed by atoms with Gasteiger partial charge in [-0.05, 0) is 57.5 Å². The lowest BCUT2D eigenvalue weighted by molar-refractivity contribution is -0.121. The number of pyridine rings is 1. The predicted octanol–water partition coefficient (Wildman–Crippen LogP) is 1.89. The van der Waals surface area contributed by atoms with Gasteiger partial charge in [0.25, 0.3) is 0 Å². The zero-order chi connectivity index (χ0) is 14.7. The van der Waals surface area contributed by atoms with Gasteiger partial charge in [-0.25, -0.2) is 4.98 Å². The maximum atomic E-state index is 12.6. The van der Waals surface area contributed by atoms with Crippen LogP contribution in [-0.2, 0) is 4.79 Å². The minimum absolute atomic E-state index is 0.0200. The Bertz CT molecular complexity index is 504. The number of hydrogen-bond donors (Lipinski definition) is 2. The van der Waals surface area contributed by atoms with Crippen molar-refractivity contribution in [3.8, 4) is 0 Å². The number of nitrogens with zero attached hydrogens (tertiary/aromatic N) is 2. The molecule has 6 heteroatoms. The molecule has 3 rings (SSSR count). The molecular formula is C15H21ClN4O. The van der Waals surface area contributed by atoms with E-state index in [0.717, 1.165) is 45.3 Å². The van der Waals surface area contributed by atoms with Gasteiger partial charge in [-0.1, -0.05) is 11.6 Å². The lowest BCUT2D eigenvalue weighted by Crippen LogP contribution is -2.49. The van der Waals surface area contributed by atoms with Crippen molar-refractivity contribution < 1.29 is 4.79 Å². The third-order valence-corrected chi connectivity index (χ3v) is 4.68. The van der Waals surface area contributed by atoms with Gasteiger partial charge in [0.05, 0.1) is 11.1 Å². The standard InChI is InChI=1S/C15H21ClN4O/c16-12-3-1-7-18-14(12)19-15(21)13-4-2-10-20(13)11-5-8-17-9-6-11/h1,3,7,11,13,17H,2,4-6,8-10H2,(H,18,19,21). The molecule has 0 bridgehead atoms. The maximum absolute atomic E-state index is 12.6. The van der Waals surface area contributed by atoms with Crippen LogP contribution in [0.25, 0.3) is 0 Å². The van der Waals surface area contributed by atoms with Crippen molar-refractivity contribution in [2.75, 3.05) is 25.0 Å². The minimum atomic E-state index is -0.0498. The van der Waals surface area contributed by atoms with E-state index in [1.807, 2.05) is 0 Å². The van der Waals surface area contributed by atoms with Gasteiger partial charge >= 0.3 is 0 Å². The number of halogens is 1. The van der Waals surface area contributed by atoms with Crippen LogP contribution in [0.4, 0.5) is 5.82 Å². The first-order chi connectivity index (χ1) is 10.3. The zero-order valence-electron chi connectivity index (χ0n) is 12.0. The van der Waals surface area contributed by atoms with E-state index in [1.54, 1.807) is 18.3 Å². The highest BCUT2D eigenvalue weighted by Gasteiger charge is 2.35. The van der Waals surface area contributed by atoms with Crippen LogP contribution in [0.1, 0.15) is 25.7 Å². The van der Waals surface area contributed by atoms with Crippen LogP contribution >= 0.6 is 11.6 Å². The summed E-state index contributed by atoms with van der Waals surface area (Å²) < 4.78 is 0. The SMILES string of the molecule is O=C(Nc1ncccc1Cl)C1CCCN1C1CCNCC1. The molecule has 2 N–H and O–H groups in total. The number of carbonyl (C=O) groups is 1. The number of anilines is 1. The van der Waals surface area contributed by atoms with Crippen molar-refractivity contribution >= 4 is 23.3 Å². The Morgan fingerprint density at radius 2 is 2.19 bits per heavy atom. The van der Waals surface area contributed by atoms with Gasteiger partial charge in [-0.3, -0.25) is 9.69 Å². The first-order valence-electron chi connectivity index (χ1n) is 7.63. The van der Waals surface area contributed by atoms with Crippen LogP contribution in [0.2, 0.25) is 5.02 Å². The highest BCUT2D eigenvalue weighted by molar-refractivity contribution is 6.33. The molecule has 2 aliphatic heterocycles. The van der Waals surface area contributed by atoms with Crippen LogP contribution < -0.4 is 10.6 Å². The van der Waals surface area contributed by atoms with E-state index in [2.05, 4.69) is 20.5 Å². The molecule has 1 amide bonds. The lowest BCUT2D eigenvalue weighted by Gasteiger charge is -2.35. The molecule has 1 unspecified atom stereocenters. The monoisotopic (exact) mass is 308 g/mol. The van der Waals surface area contributed by atoms with Crippen molar-refractivity contribution in [2.24, 2.45) is 0 Å². The van der Waals surface area contributed by atoms with Gasteiger partial charge in [-0.2, -0.15) is 0 Å². The van der Waals surface area contributed by atoms with Gasteiger partial charge < -0.3 is 10.6 Å². The molecule has 114 valence electrons. The fraction of sp³-hybridized carbons (Fsp3) is 0.600. The van der Waals surface area contributed by atoms with Crippen LogP contribution in [-0.4, -0.2) is 47.5 Å². The van der Waals surface area contributed by atoms with Gasteiger partial charge in [0, 0.05) is 12.2 Å². The summed E-state index contributed by atoms with van der Waals surface area (Å²) in [4.78, 5) is 19.1. The Kier molecular flexibility index (Phi) is 4.73. The third kappa shape index (κ3) is 3.36. The molecule has 2 saturated heterocycles. The Hall–Kier alpha value is -1.17. The van der Waals surface area contributed by atoms with Gasteiger partial charge in [0.2, 0.25) is 5.91 Å². The molecule has 1 aromatic heterocycles. The number of amides is 1. The molecule has 3 heterocycles. The topological polar surface area (TPSA) is 57.3 Å². The van der Waals surface area contributed by atoms with Gasteiger partial charge in [0.15, 0.2) is 5.82 Å². The van der Waals surface area contributed by atoms with E-state index in [9.17, 15) is 4.79 Å². The van der Waals surface area contributed by atoms with Crippen LogP contribution in [0.15, 0.2) is 18.3 Å². The summed E-state index contributed by atoms with van der Waals surface area (Å²) in [5.74, 6) is 0.480. The number of carbonyl (C=O) groups excluding carboxylic acids is 1. The molecular weight excluding hydrogens is 288 g/mol. The summed E-state index contributed by atoms with van der Waals surface area (Å²) in [6.45, 7) is 3.10. The summed E-state index contributed by atoms with van der Waals surface area (Å²) in [6.07, 6.45) is 5.88. The number of likely N-dealkylation sites (tertiary alicyclic amines) is 1. The Balaban J connectivity index is 1.67. The second-order valence-corrected chi connectivity index (χ2v) is 6.11. The second kappa shape index (κ2) is 6.73. The van der Waals surface area contributed by atoms with Gasteiger partial charge in [-0.15, -0.1) is 0 Å². The predicted molar refractivity (Wildman–Crippen MR) is 83.5 cm³/mol. The molecule has 0 aliphatic carbocycles. The highest BCUT2D eigenvalue weighted by Crippen LogP contribution is 2.26. The average molecular weight is 309 g/mol. The van der Waals surface area contributed by atoms with E-state index < -0.39 is 0 Å². The van der Waals surface area contributed by atoms with E-state index in [-0.39, 0.29) is 11.9 Å². The molecule has 2 fully saturated rings. The fourth-order valence-corrected chi connectivity index (χ4v) is 3.49. The van der Waals surface area contributed by atoms with Crippen LogP contribution in [0.5, 0.6) is 0 Å². The quantitative estimate of drug-likeness (QED) is 0.895. The molecule has 0 saturated carbocycles. The fourth-order valence-electron chi connectivity index (χ4n) is 3.32. The van der Waals surface area contributed by atoms with Gasteiger partial charge in [0.1, 0.15) is 0 Å². The molecule has 2 aliphatic rings. The van der Waals surface area contributed by atoms with E-state index >= 15 is 0 Å². The zero-order valence-corrected chi connectivity index (χ0v) is 12.8. The molecule has 1 atom stereocenters. The second-order valence-electron chi connectivity index (χ2n) is 5.70. The first kappa shape index (κ1) is 14.8. The first-order valence-corrected chi connectivity index (χ1v) is 8.01. The summed E-state index contributed by atoms with van der Waals surface area (Å²) in [5, 5.41) is 6.74. The maximum Gasteiger partial charge on any atom is 0.242 e. The Morgan fingerprint density at radius 3 is 2.95 bits per heavy atom. The van der Waals surface area contributed by atoms with Crippen molar-refractivity contribution in [1.29, 1.82) is 0 Å². The highest BCUT2D eigenvalue weighted by atomic mass is 35.5. The summed E-state index contributed by atoms with van der Waals surface area (Å²) in [7, 11) is 0. The van der Waals surface area contributed by atoms with E-state index in [0.29, 0.717) is 16.9 Å². The molecule has 5 nitrogen and oxygen atoms in total.